The van der Waals surface area contributed by atoms with Crippen LogP contribution in [0.2, 0.25) is 0 Å². The molecule has 0 heterocycles. The Morgan fingerprint density at radius 2 is 1.75 bits per heavy atom. The first-order chi connectivity index (χ1) is 7.38. The van der Waals surface area contributed by atoms with Crippen LogP contribution in [0.3, 0.4) is 0 Å². The van der Waals surface area contributed by atoms with E-state index in [4.69, 9.17) is 5.73 Å². The fourth-order valence-corrected chi connectivity index (χ4v) is 1.63. The summed E-state index contributed by atoms with van der Waals surface area (Å²) in [6.07, 6.45) is 1.53. The maximum absolute atomic E-state index is 12.0. The lowest BCUT2D eigenvalue weighted by atomic mass is 10.0. The molecule has 1 atom stereocenters. The Balaban J connectivity index is 4.17. The van der Waals surface area contributed by atoms with E-state index in [-0.39, 0.29) is 5.91 Å². The highest BCUT2D eigenvalue weighted by Crippen LogP contribution is 2.10. The molecule has 0 aromatic rings. The number of nitrogens with two attached hydrogens (primary N) is 1. The van der Waals surface area contributed by atoms with Gasteiger partial charge in [-0.3, -0.25) is 4.79 Å². The van der Waals surface area contributed by atoms with Crippen molar-refractivity contribution < 1.29 is 4.79 Å². The van der Waals surface area contributed by atoms with E-state index in [1.165, 1.54) is 0 Å². The predicted octanol–water partition coefficient (Wildman–Crippen LogP) is 2.25. The molecule has 1 amide bonds. The minimum atomic E-state index is 0.268. The third-order valence-corrected chi connectivity index (χ3v) is 2.76. The van der Waals surface area contributed by atoms with Crippen LogP contribution >= 0.6 is 0 Å². The van der Waals surface area contributed by atoms with E-state index in [1.54, 1.807) is 0 Å². The molecule has 0 saturated heterocycles. The minimum absolute atomic E-state index is 0.268. The van der Waals surface area contributed by atoms with Gasteiger partial charge in [0, 0.05) is 19.0 Å². The van der Waals surface area contributed by atoms with Crippen molar-refractivity contribution in [1.82, 2.24) is 4.90 Å². The molecule has 0 aromatic carbocycles. The van der Waals surface area contributed by atoms with Gasteiger partial charge in [0.2, 0.25) is 5.91 Å². The number of rotatable bonds is 7. The number of hydrogen-bond donors (Lipinski definition) is 1. The first-order valence-corrected chi connectivity index (χ1v) is 6.38. The molecule has 0 saturated carbocycles. The van der Waals surface area contributed by atoms with Crippen molar-refractivity contribution in [2.24, 2.45) is 17.6 Å². The first-order valence-electron chi connectivity index (χ1n) is 6.38. The minimum Gasteiger partial charge on any atom is -0.340 e. The van der Waals surface area contributed by atoms with Crippen LogP contribution < -0.4 is 5.73 Å². The van der Waals surface area contributed by atoms with Crippen molar-refractivity contribution in [3.05, 3.63) is 0 Å². The van der Waals surface area contributed by atoms with Crippen LogP contribution in [0.15, 0.2) is 0 Å². The van der Waals surface area contributed by atoms with E-state index in [0.29, 0.717) is 30.8 Å². The molecule has 3 heteroatoms. The normalized spacial score (nSPS) is 13.2. The molecule has 0 fully saturated rings. The van der Waals surface area contributed by atoms with Crippen LogP contribution in [0.1, 0.15) is 47.5 Å². The molecule has 0 bridgehead atoms. The summed E-state index contributed by atoms with van der Waals surface area (Å²) in [6, 6.07) is 0.295. The van der Waals surface area contributed by atoms with Gasteiger partial charge in [-0.15, -0.1) is 0 Å². The van der Waals surface area contributed by atoms with Gasteiger partial charge in [0.05, 0.1) is 0 Å². The van der Waals surface area contributed by atoms with Gasteiger partial charge in [-0.05, 0) is 38.6 Å². The zero-order valence-electron chi connectivity index (χ0n) is 11.5. The topological polar surface area (TPSA) is 46.3 Å². The molecular weight excluding hydrogens is 200 g/mol. The predicted molar refractivity (Wildman–Crippen MR) is 69.1 cm³/mol. The molecule has 96 valence electrons. The van der Waals surface area contributed by atoms with E-state index >= 15 is 0 Å². The Labute approximate surface area is 100 Å². The average Bonchev–Trinajstić information content (AvgIpc) is 2.21. The zero-order chi connectivity index (χ0) is 12.7. The molecule has 1 unspecified atom stereocenters. The monoisotopic (exact) mass is 228 g/mol. The van der Waals surface area contributed by atoms with Gasteiger partial charge in [-0.25, -0.2) is 0 Å². The second-order valence-electron chi connectivity index (χ2n) is 5.41. The van der Waals surface area contributed by atoms with Gasteiger partial charge in [-0.2, -0.15) is 0 Å². The molecule has 16 heavy (non-hydrogen) atoms. The molecular formula is C13H28N2O. The Morgan fingerprint density at radius 3 is 2.12 bits per heavy atom. The van der Waals surface area contributed by atoms with Crippen LogP contribution in [0.25, 0.3) is 0 Å². The second kappa shape index (κ2) is 7.66. The Bertz CT molecular complexity index is 202. The van der Waals surface area contributed by atoms with E-state index in [2.05, 4.69) is 34.6 Å². The number of amides is 1. The summed E-state index contributed by atoms with van der Waals surface area (Å²) in [5.74, 6) is 1.24. The van der Waals surface area contributed by atoms with Crippen molar-refractivity contribution in [3.63, 3.8) is 0 Å². The van der Waals surface area contributed by atoms with Crippen LogP contribution in [0.5, 0.6) is 0 Å². The van der Waals surface area contributed by atoms with Crippen molar-refractivity contribution >= 4 is 5.91 Å². The summed E-state index contributed by atoms with van der Waals surface area (Å²) >= 11 is 0. The molecule has 3 nitrogen and oxygen atoms in total. The van der Waals surface area contributed by atoms with Crippen LogP contribution in [-0.2, 0) is 4.79 Å². The van der Waals surface area contributed by atoms with Crippen LogP contribution in [0.4, 0.5) is 0 Å². The van der Waals surface area contributed by atoms with Gasteiger partial charge in [-0.1, -0.05) is 20.8 Å². The quantitative estimate of drug-likeness (QED) is 0.726. The van der Waals surface area contributed by atoms with Crippen molar-refractivity contribution in [2.75, 3.05) is 13.1 Å². The fourth-order valence-electron chi connectivity index (χ4n) is 1.63. The van der Waals surface area contributed by atoms with Crippen molar-refractivity contribution in [2.45, 2.75) is 53.5 Å². The van der Waals surface area contributed by atoms with Gasteiger partial charge >= 0.3 is 0 Å². The Hall–Kier alpha value is -0.570. The zero-order valence-corrected chi connectivity index (χ0v) is 11.5. The summed E-state index contributed by atoms with van der Waals surface area (Å²) in [6.45, 7) is 12.1. The average molecular weight is 228 g/mol. The lowest BCUT2D eigenvalue weighted by molar-refractivity contribution is -0.133. The van der Waals surface area contributed by atoms with Crippen LogP contribution in [-0.4, -0.2) is 29.9 Å². The summed E-state index contributed by atoms with van der Waals surface area (Å²) in [4.78, 5) is 14.0. The summed E-state index contributed by atoms with van der Waals surface area (Å²) in [5, 5.41) is 0. The maximum atomic E-state index is 12.0. The largest absolute Gasteiger partial charge is 0.340 e. The van der Waals surface area contributed by atoms with Gasteiger partial charge < -0.3 is 10.6 Å². The smallest absolute Gasteiger partial charge is 0.222 e. The highest BCUT2D eigenvalue weighted by atomic mass is 16.2. The summed E-state index contributed by atoms with van der Waals surface area (Å²) in [7, 11) is 0. The van der Waals surface area contributed by atoms with Crippen molar-refractivity contribution in [1.29, 1.82) is 0 Å². The molecule has 0 aliphatic heterocycles. The number of carbonyl (C=O) groups is 1. The molecule has 0 rings (SSSR count). The van der Waals surface area contributed by atoms with E-state index < -0.39 is 0 Å². The summed E-state index contributed by atoms with van der Waals surface area (Å²) in [5.41, 5.74) is 5.55. The number of hydrogen-bond acceptors (Lipinski definition) is 2. The van der Waals surface area contributed by atoms with E-state index in [0.717, 1.165) is 13.0 Å². The van der Waals surface area contributed by atoms with Gasteiger partial charge in [0.1, 0.15) is 0 Å². The molecule has 0 radical (unpaired) electrons. The Kier molecular flexibility index (Phi) is 7.39. The second-order valence-corrected chi connectivity index (χ2v) is 5.41. The lowest BCUT2D eigenvalue weighted by Gasteiger charge is -2.29. The standard InChI is InChI=1S/C13H28N2O/c1-10(2)9-15(11(3)4)13(16)7-6-12(5)8-14/h10-12H,6-9,14H2,1-5H3. The third-order valence-electron chi connectivity index (χ3n) is 2.76. The molecule has 0 aliphatic carbocycles. The van der Waals surface area contributed by atoms with Gasteiger partial charge in [0.25, 0.3) is 0 Å². The van der Waals surface area contributed by atoms with E-state index in [9.17, 15) is 4.79 Å². The maximum Gasteiger partial charge on any atom is 0.222 e. The molecule has 2 N–H and O–H groups in total. The SMILES string of the molecule is CC(C)CN(C(=O)CCC(C)CN)C(C)C. The lowest BCUT2D eigenvalue weighted by Crippen LogP contribution is -2.39. The van der Waals surface area contributed by atoms with E-state index in [1.807, 2.05) is 4.90 Å². The first kappa shape index (κ1) is 15.4. The third kappa shape index (κ3) is 6.11. The van der Waals surface area contributed by atoms with Gasteiger partial charge in [0.15, 0.2) is 0 Å². The van der Waals surface area contributed by atoms with Crippen LogP contribution in [0, 0.1) is 11.8 Å². The highest BCUT2D eigenvalue weighted by Gasteiger charge is 2.18. The number of nitrogens with zero attached hydrogens (tertiary/aromatic N) is 1. The molecule has 0 aliphatic rings. The molecule has 0 aromatic heterocycles. The number of carbonyl (C=O) groups excluding carboxylic acids is 1. The summed E-state index contributed by atoms with van der Waals surface area (Å²) < 4.78 is 0. The Morgan fingerprint density at radius 1 is 1.19 bits per heavy atom. The fraction of sp³-hybridized carbons (Fsp3) is 0.923. The van der Waals surface area contributed by atoms with Crippen molar-refractivity contribution in [3.8, 4) is 0 Å². The highest BCUT2D eigenvalue weighted by molar-refractivity contribution is 5.76. The molecule has 0 spiro atoms.